The summed E-state index contributed by atoms with van der Waals surface area (Å²) in [6, 6.07) is 4.90. The third-order valence-electron chi connectivity index (χ3n) is 2.00. The average Bonchev–Trinajstić information content (AvgIpc) is 2.27. The van der Waals surface area contributed by atoms with Crippen molar-refractivity contribution < 1.29 is 4.21 Å². The Labute approximate surface area is 128 Å². The predicted octanol–water partition coefficient (Wildman–Crippen LogP) is 4.41. The Balaban J connectivity index is 3.01. The summed E-state index contributed by atoms with van der Waals surface area (Å²) in [4.78, 5) is 0.525. The molecule has 0 spiro atoms. The fourth-order valence-electron chi connectivity index (χ4n) is 1.28. The quantitative estimate of drug-likeness (QED) is 0.681. The van der Waals surface area contributed by atoms with Gasteiger partial charge in [-0.3, -0.25) is 0 Å². The van der Waals surface area contributed by atoms with Crippen LogP contribution in [-0.2, 0) is 11.0 Å². The molecule has 0 N–H and O–H groups in total. The van der Waals surface area contributed by atoms with Crippen LogP contribution in [0.3, 0.4) is 0 Å². The molecule has 1 aromatic rings. The monoisotopic (exact) mass is 367 g/mol. The molecule has 0 aliphatic carbocycles. The SMILES string of the molecule is C=CCN(CC(=C)Br)S(=O)c1ccc(Cl)cc1Cl. The van der Waals surface area contributed by atoms with Gasteiger partial charge in [-0.2, -0.15) is 0 Å². The molecule has 0 saturated heterocycles. The molecule has 0 fully saturated rings. The highest BCUT2D eigenvalue weighted by Gasteiger charge is 2.17. The van der Waals surface area contributed by atoms with E-state index in [0.717, 1.165) is 4.48 Å². The molecule has 1 unspecified atom stereocenters. The van der Waals surface area contributed by atoms with Crippen molar-refractivity contribution in [3.05, 3.63) is 52.0 Å². The van der Waals surface area contributed by atoms with Gasteiger partial charge in [0.15, 0.2) is 0 Å². The van der Waals surface area contributed by atoms with E-state index < -0.39 is 11.0 Å². The maximum Gasteiger partial charge on any atom is 0.129 e. The van der Waals surface area contributed by atoms with Crippen molar-refractivity contribution in [2.75, 3.05) is 13.1 Å². The summed E-state index contributed by atoms with van der Waals surface area (Å²) in [6.45, 7) is 8.30. The summed E-state index contributed by atoms with van der Waals surface area (Å²) >= 11 is 15.1. The van der Waals surface area contributed by atoms with Gasteiger partial charge >= 0.3 is 0 Å². The lowest BCUT2D eigenvalue weighted by atomic mass is 10.4. The third-order valence-corrected chi connectivity index (χ3v) is 4.39. The molecule has 0 aromatic heterocycles. The fourth-order valence-corrected chi connectivity index (χ4v) is 3.56. The van der Waals surface area contributed by atoms with Crippen molar-refractivity contribution >= 4 is 50.1 Å². The zero-order chi connectivity index (χ0) is 13.7. The van der Waals surface area contributed by atoms with Crippen LogP contribution in [-0.4, -0.2) is 21.6 Å². The first kappa shape index (κ1) is 15.9. The largest absolute Gasteiger partial charge is 0.237 e. The maximum atomic E-state index is 12.4. The second-order valence-corrected chi connectivity index (χ2v) is 6.87. The van der Waals surface area contributed by atoms with E-state index in [2.05, 4.69) is 29.1 Å². The zero-order valence-corrected chi connectivity index (χ0v) is 13.4. The fraction of sp³-hybridized carbons (Fsp3) is 0.167. The molecule has 0 heterocycles. The highest BCUT2D eigenvalue weighted by Crippen LogP contribution is 2.25. The van der Waals surface area contributed by atoms with Crippen molar-refractivity contribution in [2.45, 2.75) is 4.90 Å². The molecule has 18 heavy (non-hydrogen) atoms. The first-order valence-electron chi connectivity index (χ1n) is 5.01. The third kappa shape index (κ3) is 4.52. The van der Waals surface area contributed by atoms with Crippen molar-refractivity contribution in [3.63, 3.8) is 0 Å². The molecule has 0 saturated carbocycles. The molecule has 98 valence electrons. The first-order chi connectivity index (χ1) is 8.45. The summed E-state index contributed by atoms with van der Waals surface area (Å²) < 4.78 is 14.8. The minimum absolute atomic E-state index is 0.384. The second kappa shape index (κ2) is 7.46. The normalized spacial score (nSPS) is 12.4. The summed E-state index contributed by atoms with van der Waals surface area (Å²) in [5, 5.41) is 0.899. The van der Waals surface area contributed by atoms with Crippen LogP contribution in [0.1, 0.15) is 0 Å². The topological polar surface area (TPSA) is 20.3 Å². The minimum atomic E-state index is -1.38. The van der Waals surface area contributed by atoms with Gasteiger partial charge in [0, 0.05) is 22.6 Å². The highest BCUT2D eigenvalue weighted by atomic mass is 79.9. The molecule has 1 rings (SSSR count). The van der Waals surface area contributed by atoms with Crippen molar-refractivity contribution in [3.8, 4) is 0 Å². The Hall–Kier alpha value is -0.130. The van der Waals surface area contributed by atoms with E-state index in [4.69, 9.17) is 23.2 Å². The molecule has 0 aliphatic rings. The van der Waals surface area contributed by atoms with E-state index in [1.54, 1.807) is 28.6 Å². The lowest BCUT2D eigenvalue weighted by molar-refractivity contribution is 0.529. The number of halogens is 3. The molecule has 6 heteroatoms. The number of benzene rings is 1. The van der Waals surface area contributed by atoms with Crippen LogP contribution < -0.4 is 0 Å². The minimum Gasteiger partial charge on any atom is -0.237 e. The average molecular weight is 369 g/mol. The number of hydrogen-bond donors (Lipinski definition) is 0. The molecule has 0 aliphatic heterocycles. The van der Waals surface area contributed by atoms with Crippen LogP contribution >= 0.6 is 39.1 Å². The van der Waals surface area contributed by atoms with Crippen LogP contribution in [0.25, 0.3) is 0 Å². The van der Waals surface area contributed by atoms with Crippen LogP contribution in [0, 0.1) is 0 Å². The summed E-state index contributed by atoms with van der Waals surface area (Å²) in [5.74, 6) is 0. The molecule has 2 nitrogen and oxygen atoms in total. The molecular formula is C12H12BrCl2NOS. The summed E-state index contributed by atoms with van der Waals surface area (Å²) in [6.07, 6.45) is 1.68. The molecule has 0 amide bonds. The van der Waals surface area contributed by atoms with E-state index in [9.17, 15) is 4.21 Å². The first-order valence-corrected chi connectivity index (χ1v) is 7.67. The van der Waals surface area contributed by atoms with Crippen LogP contribution in [0.2, 0.25) is 10.0 Å². The molecular weight excluding hydrogens is 357 g/mol. The summed E-state index contributed by atoms with van der Waals surface area (Å²) in [5.41, 5.74) is 0. The highest BCUT2D eigenvalue weighted by molar-refractivity contribution is 9.11. The van der Waals surface area contributed by atoms with Gasteiger partial charge in [0.25, 0.3) is 0 Å². The van der Waals surface area contributed by atoms with Gasteiger partial charge in [0.05, 0.1) is 9.92 Å². The van der Waals surface area contributed by atoms with Gasteiger partial charge in [0.1, 0.15) is 11.0 Å². The molecule has 1 atom stereocenters. The number of hydrogen-bond acceptors (Lipinski definition) is 1. The van der Waals surface area contributed by atoms with Gasteiger partial charge < -0.3 is 0 Å². The number of nitrogens with zero attached hydrogens (tertiary/aromatic N) is 1. The van der Waals surface area contributed by atoms with E-state index in [1.165, 1.54) is 0 Å². The Morgan fingerprint density at radius 2 is 2.17 bits per heavy atom. The van der Waals surface area contributed by atoms with E-state index in [1.807, 2.05) is 0 Å². The standard InChI is InChI=1S/C12H12BrCl2NOS/c1-3-6-16(8-9(2)13)18(17)12-5-4-10(14)7-11(12)15/h3-5,7H,1-2,6,8H2. The van der Waals surface area contributed by atoms with Crippen molar-refractivity contribution in [2.24, 2.45) is 0 Å². The van der Waals surface area contributed by atoms with E-state index in [-0.39, 0.29) is 0 Å². The molecule has 0 radical (unpaired) electrons. The van der Waals surface area contributed by atoms with Crippen molar-refractivity contribution in [1.82, 2.24) is 4.31 Å². The van der Waals surface area contributed by atoms with Crippen LogP contribution in [0.5, 0.6) is 0 Å². The lowest BCUT2D eigenvalue weighted by Crippen LogP contribution is -2.27. The Morgan fingerprint density at radius 3 is 2.67 bits per heavy atom. The Bertz CT molecular complexity index is 493. The summed E-state index contributed by atoms with van der Waals surface area (Å²) in [7, 11) is -1.38. The molecule has 0 bridgehead atoms. The Kier molecular flexibility index (Phi) is 6.60. The lowest BCUT2D eigenvalue weighted by Gasteiger charge is -2.19. The van der Waals surface area contributed by atoms with Crippen LogP contribution in [0.4, 0.5) is 0 Å². The van der Waals surface area contributed by atoms with Crippen molar-refractivity contribution in [1.29, 1.82) is 0 Å². The number of rotatable bonds is 6. The van der Waals surface area contributed by atoms with E-state index in [0.29, 0.717) is 28.0 Å². The smallest absolute Gasteiger partial charge is 0.129 e. The second-order valence-electron chi connectivity index (χ2n) is 3.45. The van der Waals surface area contributed by atoms with E-state index >= 15 is 0 Å². The van der Waals surface area contributed by atoms with Gasteiger partial charge in [-0.05, 0) is 18.2 Å². The van der Waals surface area contributed by atoms with Gasteiger partial charge in [0.2, 0.25) is 0 Å². The zero-order valence-electron chi connectivity index (χ0n) is 9.54. The van der Waals surface area contributed by atoms with Gasteiger partial charge in [-0.1, -0.05) is 51.8 Å². The molecule has 1 aromatic carbocycles. The predicted molar refractivity (Wildman–Crippen MR) is 82.7 cm³/mol. The Morgan fingerprint density at radius 1 is 1.50 bits per heavy atom. The van der Waals surface area contributed by atoms with Gasteiger partial charge in [-0.15, -0.1) is 6.58 Å². The van der Waals surface area contributed by atoms with Crippen LogP contribution in [0.15, 0.2) is 46.8 Å². The maximum absolute atomic E-state index is 12.4. The van der Waals surface area contributed by atoms with Gasteiger partial charge in [-0.25, -0.2) is 8.51 Å².